The molecule has 3 rings (SSSR count). The van der Waals surface area contributed by atoms with Crippen LogP contribution in [0, 0.1) is 3.57 Å². The maximum absolute atomic E-state index is 9.71. The first kappa shape index (κ1) is 11.1. The molecule has 0 aliphatic rings. The summed E-state index contributed by atoms with van der Waals surface area (Å²) >= 11 is 2.19. The number of aromatic nitrogens is 4. The summed E-state index contributed by atoms with van der Waals surface area (Å²) < 4.78 is 5.54. The van der Waals surface area contributed by atoms with Gasteiger partial charge in [-0.1, -0.05) is 6.07 Å². The number of halogens is 1. The van der Waals surface area contributed by atoms with Crippen molar-refractivity contribution in [1.29, 1.82) is 0 Å². The second kappa shape index (κ2) is 4.37. The number of hydrogen-bond acceptors (Lipinski definition) is 7. The summed E-state index contributed by atoms with van der Waals surface area (Å²) in [6, 6.07) is 7.62. The topological polar surface area (TPSA) is 97.0 Å². The van der Waals surface area contributed by atoms with E-state index in [4.69, 9.17) is 0 Å². The van der Waals surface area contributed by atoms with Crippen molar-refractivity contribution in [2.75, 3.05) is 5.32 Å². The highest BCUT2D eigenvalue weighted by Crippen LogP contribution is 2.24. The standard InChI is InChI=1S/C10H6IN5O2/c11-5-2-1-3-6(4-5)12-9-10(17)14-8-7(13-9)15-18-16-8/h1-4H,(H,12,13,15)(H,14,16,17). The van der Waals surface area contributed by atoms with Crippen LogP contribution in [0.2, 0.25) is 0 Å². The third kappa shape index (κ3) is 2.06. The highest BCUT2D eigenvalue weighted by molar-refractivity contribution is 14.1. The molecule has 1 aromatic carbocycles. The van der Waals surface area contributed by atoms with Crippen LogP contribution in [-0.2, 0) is 0 Å². The smallest absolute Gasteiger partial charge is 0.257 e. The Morgan fingerprint density at radius 3 is 2.72 bits per heavy atom. The third-order valence-electron chi connectivity index (χ3n) is 2.18. The molecule has 0 saturated carbocycles. The number of benzene rings is 1. The molecule has 7 nitrogen and oxygen atoms in total. The van der Waals surface area contributed by atoms with Gasteiger partial charge in [-0.05, 0) is 51.1 Å². The predicted molar refractivity (Wildman–Crippen MR) is 71.5 cm³/mol. The molecule has 0 radical (unpaired) electrons. The SMILES string of the molecule is Oc1nc2nonc2nc1Nc1cccc(I)c1. The molecule has 0 amide bonds. The average molecular weight is 355 g/mol. The number of anilines is 2. The molecule has 0 fully saturated rings. The maximum Gasteiger partial charge on any atom is 0.257 e. The summed E-state index contributed by atoms with van der Waals surface area (Å²) in [6.07, 6.45) is 0. The summed E-state index contributed by atoms with van der Waals surface area (Å²) in [6.45, 7) is 0. The van der Waals surface area contributed by atoms with E-state index in [1.807, 2.05) is 24.3 Å². The van der Waals surface area contributed by atoms with Gasteiger partial charge in [0.25, 0.3) is 5.88 Å². The van der Waals surface area contributed by atoms with Crippen LogP contribution in [0.5, 0.6) is 5.88 Å². The van der Waals surface area contributed by atoms with Crippen molar-refractivity contribution in [3.8, 4) is 5.88 Å². The van der Waals surface area contributed by atoms with Crippen molar-refractivity contribution in [3.63, 3.8) is 0 Å². The van der Waals surface area contributed by atoms with E-state index < -0.39 is 0 Å². The van der Waals surface area contributed by atoms with Crippen LogP contribution in [0.3, 0.4) is 0 Å². The quantitative estimate of drug-likeness (QED) is 0.679. The summed E-state index contributed by atoms with van der Waals surface area (Å²) in [5.41, 5.74) is 1.20. The molecule has 2 heterocycles. The Labute approximate surface area is 114 Å². The Bertz CT molecular complexity index is 714. The monoisotopic (exact) mass is 355 g/mol. The molecule has 8 heteroatoms. The van der Waals surface area contributed by atoms with Crippen LogP contribution < -0.4 is 5.32 Å². The van der Waals surface area contributed by atoms with Crippen LogP contribution in [0.25, 0.3) is 11.3 Å². The van der Waals surface area contributed by atoms with Gasteiger partial charge in [0.15, 0.2) is 5.82 Å². The Morgan fingerprint density at radius 1 is 1.17 bits per heavy atom. The number of nitrogens with zero attached hydrogens (tertiary/aromatic N) is 4. The Balaban J connectivity index is 2.01. The molecule has 18 heavy (non-hydrogen) atoms. The van der Waals surface area contributed by atoms with E-state index in [0.29, 0.717) is 0 Å². The van der Waals surface area contributed by atoms with Gasteiger partial charge in [0.05, 0.1) is 0 Å². The van der Waals surface area contributed by atoms with E-state index >= 15 is 0 Å². The first-order valence-corrected chi connectivity index (χ1v) is 6.02. The number of hydrogen-bond donors (Lipinski definition) is 2. The average Bonchev–Trinajstić information content (AvgIpc) is 2.76. The lowest BCUT2D eigenvalue weighted by molar-refractivity contribution is 0.314. The Morgan fingerprint density at radius 2 is 1.94 bits per heavy atom. The maximum atomic E-state index is 9.71. The van der Waals surface area contributed by atoms with Crippen molar-refractivity contribution in [2.45, 2.75) is 0 Å². The minimum Gasteiger partial charge on any atom is -0.491 e. The van der Waals surface area contributed by atoms with Gasteiger partial charge in [0.1, 0.15) is 0 Å². The van der Waals surface area contributed by atoms with E-state index in [-0.39, 0.29) is 23.0 Å². The molecule has 0 bridgehead atoms. The highest BCUT2D eigenvalue weighted by atomic mass is 127. The van der Waals surface area contributed by atoms with Gasteiger partial charge in [-0.2, -0.15) is 9.97 Å². The largest absolute Gasteiger partial charge is 0.491 e. The summed E-state index contributed by atoms with van der Waals surface area (Å²) in [4.78, 5) is 7.88. The zero-order valence-electron chi connectivity index (χ0n) is 8.83. The van der Waals surface area contributed by atoms with E-state index in [1.165, 1.54) is 0 Å². The molecule has 2 aromatic heterocycles. The fourth-order valence-corrected chi connectivity index (χ4v) is 1.96. The molecular formula is C10H6IN5O2. The number of rotatable bonds is 2. The van der Waals surface area contributed by atoms with Crippen molar-refractivity contribution in [2.24, 2.45) is 0 Å². The molecule has 0 aliphatic carbocycles. The van der Waals surface area contributed by atoms with E-state index in [1.54, 1.807) is 0 Å². The van der Waals surface area contributed by atoms with Gasteiger partial charge in [-0.15, -0.1) is 0 Å². The van der Waals surface area contributed by atoms with E-state index in [9.17, 15) is 5.11 Å². The molecular weight excluding hydrogens is 349 g/mol. The molecule has 3 aromatic rings. The van der Waals surface area contributed by atoms with Crippen LogP contribution in [0.4, 0.5) is 11.5 Å². The summed E-state index contributed by atoms with van der Waals surface area (Å²) in [5, 5.41) is 19.7. The van der Waals surface area contributed by atoms with Gasteiger partial charge < -0.3 is 10.4 Å². The Kier molecular flexibility index (Phi) is 2.70. The number of aromatic hydroxyl groups is 1. The van der Waals surface area contributed by atoms with Crippen molar-refractivity contribution in [3.05, 3.63) is 27.8 Å². The second-order valence-corrected chi connectivity index (χ2v) is 4.69. The molecule has 2 N–H and O–H groups in total. The van der Waals surface area contributed by atoms with Gasteiger partial charge in [-0.3, -0.25) is 0 Å². The highest BCUT2D eigenvalue weighted by Gasteiger charge is 2.11. The second-order valence-electron chi connectivity index (χ2n) is 3.44. The molecule has 0 unspecified atom stereocenters. The van der Waals surface area contributed by atoms with Crippen molar-refractivity contribution >= 4 is 45.4 Å². The normalized spacial score (nSPS) is 10.7. The first-order chi connectivity index (χ1) is 8.72. The van der Waals surface area contributed by atoms with Gasteiger partial charge in [-0.25, -0.2) is 4.63 Å². The van der Waals surface area contributed by atoms with Crippen molar-refractivity contribution < 1.29 is 9.74 Å². The minimum absolute atomic E-state index is 0.167. The van der Waals surface area contributed by atoms with Crippen LogP contribution >= 0.6 is 22.6 Å². The fraction of sp³-hybridized carbons (Fsp3) is 0. The van der Waals surface area contributed by atoms with E-state index in [0.717, 1.165) is 9.26 Å². The van der Waals surface area contributed by atoms with Crippen LogP contribution in [0.15, 0.2) is 28.9 Å². The third-order valence-corrected chi connectivity index (χ3v) is 2.85. The van der Waals surface area contributed by atoms with Gasteiger partial charge >= 0.3 is 0 Å². The zero-order valence-corrected chi connectivity index (χ0v) is 11.0. The number of fused-ring (bicyclic) bond motifs is 1. The molecule has 0 saturated heterocycles. The lowest BCUT2D eigenvalue weighted by Crippen LogP contribution is -1.96. The predicted octanol–water partition coefficient (Wildman–Crippen LogP) is 2.07. The van der Waals surface area contributed by atoms with Gasteiger partial charge in [0, 0.05) is 9.26 Å². The molecule has 0 atom stereocenters. The summed E-state index contributed by atoms with van der Waals surface area (Å²) in [7, 11) is 0. The lowest BCUT2D eigenvalue weighted by Gasteiger charge is -2.06. The van der Waals surface area contributed by atoms with Gasteiger partial charge in [0.2, 0.25) is 11.3 Å². The lowest BCUT2D eigenvalue weighted by atomic mass is 10.3. The van der Waals surface area contributed by atoms with E-state index in [2.05, 4.69) is 52.8 Å². The van der Waals surface area contributed by atoms with Crippen LogP contribution in [0.1, 0.15) is 0 Å². The Hall–Kier alpha value is -1.97. The zero-order chi connectivity index (χ0) is 12.5. The minimum atomic E-state index is -0.253. The molecule has 0 aliphatic heterocycles. The van der Waals surface area contributed by atoms with Crippen LogP contribution in [-0.4, -0.2) is 25.4 Å². The molecule has 0 spiro atoms. The number of nitrogens with one attached hydrogen (secondary N) is 1. The van der Waals surface area contributed by atoms with Crippen molar-refractivity contribution in [1.82, 2.24) is 20.3 Å². The summed E-state index contributed by atoms with van der Waals surface area (Å²) in [5.74, 6) is -0.0442. The fourth-order valence-electron chi connectivity index (χ4n) is 1.42. The molecule has 90 valence electrons. The first-order valence-electron chi connectivity index (χ1n) is 4.94.